The molecule has 1 aromatic rings. The average molecular weight is 250 g/mol. The third-order valence-electron chi connectivity index (χ3n) is 2.44. The van der Waals surface area contributed by atoms with Gasteiger partial charge in [0.2, 0.25) is 5.91 Å². The molecule has 1 aromatic carbocycles. The van der Waals surface area contributed by atoms with Gasteiger partial charge < -0.3 is 15.3 Å². The van der Waals surface area contributed by atoms with Gasteiger partial charge in [-0.3, -0.25) is 9.59 Å². The Morgan fingerprint density at radius 3 is 2.61 bits per heavy atom. The molecule has 0 aliphatic rings. The zero-order valence-electron chi connectivity index (χ0n) is 10.6. The van der Waals surface area contributed by atoms with Gasteiger partial charge in [-0.15, -0.1) is 0 Å². The Labute approximate surface area is 106 Å². The molecule has 1 amide bonds. The monoisotopic (exact) mass is 250 g/mol. The van der Waals surface area contributed by atoms with Gasteiger partial charge in [-0.2, -0.15) is 0 Å². The normalized spacial score (nSPS) is 9.89. The van der Waals surface area contributed by atoms with Crippen LogP contribution in [0.1, 0.15) is 19.3 Å². The number of nitrogens with zero attached hydrogens (tertiary/aromatic N) is 1. The minimum atomic E-state index is -0.877. The molecule has 0 fully saturated rings. The highest BCUT2D eigenvalue weighted by atomic mass is 16.4. The van der Waals surface area contributed by atoms with Gasteiger partial charge in [-0.05, 0) is 24.6 Å². The molecule has 0 aromatic heterocycles. The summed E-state index contributed by atoms with van der Waals surface area (Å²) < 4.78 is 0. The molecule has 5 nitrogen and oxygen atoms in total. The van der Waals surface area contributed by atoms with E-state index in [1.54, 1.807) is 0 Å². The van der Waals surface area contributed by atoms with Crippen molar-refractivity contribution in [1.82, 2.24) is 0 Å². The molecule has 0 aliphatic heterocycles. The van der Waals surface area contributed by atoms with Crippen molar-refractivity contribution in [3.8, 4) is 0 Å². The van der Waals surface area contributed by atoms with Crippen LogP contribution in [0, 0.1) is 0 Å². The molecule has 2 N–H and O–H groups in total. The topological polar surface area (TPSA) is 69.6 Å². The first kappa shape index (κ1) is 14.0. The Kier molecular flexibility index (Phi) is 5.17. The third kappa shape index (κ3) is 4.86. The van der Waals surface area contributed by atoms with Crippen LogP contribution in [0.5, 0.6) is 0 Å². The van der Waals surface area contributed by atoms with E-state index in [-0.39, 0.29) is 18.7 Å². The Morgan fingerprint density at radius 1 is 1.28 bits per heavy atom. The van der Waals surface area contributed by atoms with Crippen molar-refractivity contribution in [3.05, 3.63) is 24.3 Å². The number of carbonyl (C=O) groups is 2. The molecular weight excluding hydrogens is 232 g/mol. The number of anilines is 2. The van der Waals surface area contributed by atoms with Crippen molar-refractivity contribution in [1.29, 1.82) is 0 Å². The lowest BCUT2D eigenvalue weighted by Crippen LogP contribution is -2.13. The molecule has 0 atom stereocenters. The number of carbonyl (C=O) groups excluding carboxylic acids is 1. The number of hydrogen-bond acceptors (Lipinski definition) is 3. The second-order valence-corrected chi connectivity index (χ2v) is 4.24. The fourth-order valence-corrected chi connectivity index (χ4v) is 1.49. The van der Waals surface area contributed by atoms with Crippen LogP contribution < -0.4 is 10.2 Å². The summed E-state index contributed by atoms with van der Waals surface area (Å²) in [5.41, 5.74) is 1.72. The highest BCUT2D eigenvalue weighted by molar-refractivity contribution is 5.91. The van der Waals surface area contributed by atoms with Crippen LogP contribution in [0.2, 0.25) is 0 Å². The third-order valence-corrected chi connectivity index (χ3v) is 2.44. The maximum Gasteiger partial charge on any atom is 0.303 e. The average Bonchev–Trinajstić information content (AvgIpc) is 2.28. The number of hydrogen-bond donors (Lipinski definition) is 2. The molecule has 5 heteroatoms. The molecule has 0 saturated carbocycles. The van der Waals surface area contributed by atoms with E-state index in [2.05, 4.69) is 5.32 Å². The Hall–Kier alpha value is -2.04. The van der Waals surface area contributed by atoms with Gasteiger partial charge in [0.1, 0.15) is 0 Å². The summed E-state index contributed by atoms with van der Waals surface area (Å²) in [6.07, 6.45) is 0.595. The quantitative estimate of drug-likeness (QED) is 0.809. The van der Waals surface area contributed by atoms with Gasteiger partial charge in [0, 0.05) is 38.3 Å². The summed E-state index contributed by atoms with van der Waals surface area (Å²) in [6, 6.07) is 7.49. The van der Waals surface area contributed by atoms with Crippen molar-refractivity contribution in [2.75, 3.05) is 24.3 Å². The van der Waals surface area contributed by atoms with Gasteiger partial charge in [-0.1, -0.05) is 6.07 Å². The molecule has 98 valence electrons. The zero-order chi connectivity index (χ0) is 13.5. The Balaban J connectivity index is 2.49. The number of carboxylic acid groups (broad SMARTS) is 1. The molecule has 0 saturated heterocycles. The lowest BCUT2D eigenvalue weighted by molar-refractivity contribution is -0.137. The molecule has 0 heterocycles. The van der Waals surface area contributed by atoms with E-state index < -0.39 is 5.97 Å². The van der Waals surface area contributed by atoms with Crippen LogP contribution in [0.4, 0.5) is 11.4 Å². The van der Waals surface area contributed by atoms with Crippen molar-refractivity contribution < 1.29 is 14.7 Å². The van der Waals surface area contributed by atoms with Crippen molar-refractivity contribution >= 4 is 23.3 Å². The van der Waals surface area contributed by atoms with Crippen molar-refractivity contribution in [3.63, 3.8) is 0 Å². The predicted molar refractivity (Wildman–Crippen MR) is 70.9 cm³/mol. The van der Waals surface area contributed by atoms with E-state index in [4.69, 9.17) is 5.11 Å². The summed E-state index contributed by atoms with van der Waals surface area (Å²) in [5.74, 6) is -1.04. The number of rotatable bonds is 6. The van der Waals surface area contributed by atoms with Crippen LogP contribution in [0.25, 0.3) is 0 Å². The summed E-state index contributed by atoms with van der Waals surface area (Å²) in [7, 11) is 3.85. The number of amides is 1. The number of carboxylic acids is 1. The first-order valence-corrected chi connectivity index (χ1v) is 5.78. The maximum atomic E-state index is 11.6. The molecule has 0 bridgehead atoms. The molecule has 1 rings (SSSR count). The van der Waals surface area contributed by atoms with Gasteiger partial charge in [-0.25, -0.2) is 0 Å². The second kappa shape index (κ2) is 6.64. The van der Waals surface area contributed by atoms with Crippen LogP contribution in [0.15, 0.2) is 24.3 Å². The van der Waals surface area contributed by atoms with Gasteiger partial charge in [0.15, 0.2) is 0 Å². The minimum Gasteiger partial charge on any atom is -0.481 e. The predicted octanol–water partition coefficient (Wildman–Crippen LogP) is 1.95. The fraction of sp³-hybridized carbons (Fsp3) is 0.385. The molecule has 18 heavy (non-hydrogen) atoms. The summed E-state index contributed by atoms with van der Waals surface area (Å²) in [4.78, 5) is 23.8. The Bertz CT molecular complexity index is 430. The van der Waals surface area contributed by atoms with Crippen LogP contribution >= 0.6 is 0 Å². The largest absolute Gasteiger partial charge is 0.481 e. The summed E-state index contributed by atoms with van der Waals surface area (Å²) in [5, 5.41) is 11.2. The molecule has 0 radical (unpaired) electrons. The van der Waals surface area contributed by atoms with Gasteiger partial charge in [0.05, 0.1) is 0 Å². The highest BCUT2D eigenvalue weighted by Gasteiger charge is 2.05. The minimum absolute atomic E-state index is 0.0190. The number of nitrogens with one attached hydrogen (secondary N) is 1. The van der Waals surface area contributed by atoms with E-state index in [9.17, 15) is 9.59 Å². The van der Waals surface area contributed by atoms with Crippen LogP contribution in [0.3, 0.4) is 0 Å². The van der Waals surface area contributed by atoms with E-state index >= 15 is 0 Å². The lowest BCUT2D eigenvalue weighted by Gasteiger charge is -2.13. The van der Waals surface area contributed by atoms with E-state index in [0.29, 0.717) is 6.42 Å². The first-order valence-electron chi connectivity index (χ1n) is 5.78. The van der Waals surface area contributed by atoms with Crippen LogP contribution in [-0.2, 0) is 9.59 Å². The van der Waals surface area contributed by atoms with Crippen molar-refractivity contribution in [2.45, 2.75) is 19.3 Å². The van der Waals surface area contributed by atoms with Crippen molar-refractivity contribution in [2.24, 2.45) is 0 Å². The smallest absolute Gasteiger partial charge is 0.303 e. The van der Waals surface area contributed by atoms with E-state index in [0.717, 1.165) is 11.4 Å². The molecular formula is C13H18N2O3. The first-order chi connectivity index (χ1) is 8.49. The SMILES string of the molecule is CN(C)c1cccc(NC(=O)CCCC(=O)O)c1. The molecule has 0 spiro atoms. The molecule has 0 unspecified atom stereocenters. The second-order valence-electron chi connectivity index (χ2n) is 4.24. The molecule has 0 aliphatic carbocycles. The number of benzene rings is 1. The fourth-order valence-electron chi connectivity index (χ4n) is 1.49. The van der Waals surface area contributed by atoms with E-state index in [1.165, 1.54) is 0 Å². The lowest BCUT2D eigenvalue weighted by atomic mass is 10.2. The highest BCUT2D eigenvalue weighted by Crippen LogP contribution is 2.17. The summed E-state index contributed by atoms with van der Waals surface area (Å²) in [6.45, 7) is 0. The number of aliphatic carboxylic acids is 1. The summed E-state index contributed by atoms with van der Waals surface area (Å²) >= 11 is 0. The maximum absolute atomic E-state index is 11.6. The van der Waals surface area contributed by atoms with Gasteiger partial charge in [0.25, 0.3) is 0 Å². The Morgan fingerprint density at radius 2 is 2.00 bits per heavy atom. The van der Waals surface area contributed by atoms with Crippen LogP contribution in [-0.4, -0.2) is 31.1 Å². The zero-order valence-corrected chi connectivity index (χ0v) is 10.6. The van der Waals surface area contributed by atoms with Gasteiger partial charge >= 0.3 is 5.97 Å². The standard InChI is InChI=1S/C13H18N2O3/c1-15(2)11-6-3-5-10(9-11)14-12(16)7-4-8-13(17)18/h3,5-6,9H,4,7-8H2,1-2H3,(H,14,16)(H,17,18). The van der Waals surface area contributed by atoms with E-state index in [1.807, 2.05) is 43.3 Å².